The molecule has 1 aliphatic heterocycles. The molecule has 154 valence electrons. The van der Waals surface area contributed by atoms with E-state index >= 15 is 0 Å². The average molecular weight is 400 g/mol. The maximum absolute atomic E-state index is 13.4. The summed E-state index contributed by atoms with van der Waals surface area (Å²) in [5.41, 5.74) is 1.39. The zero-order chi connectivity index (χ0) is 20.6. The van der Waals surface area contributed by atoms with Crippen molar-refractivity contribution in [2.24, 2.45) is 0 Å². The predicted molar refractivity (Wildman–Crippen MR) is 108 cm³/mol. The van der Waals surface area contributed by atoms with Crippen LogP contribution in [0.1, 0.15) is 45.0 Å². The number of nitrogens with one attached hydrogen (secondary N) is 1. The summed E-state index contributed by atoms with van der Waals surface area (Å²) < 4.78 is 28.3. The molecule has 0 spiro atoms. The summed E-state index contributed by atoms with van der Waals surface area (Å²) in [5, 5.41) is 16.7. The molecule has 3 heterocycles. The Balaban J connectivity index is 1.37. The molecule has 3 aromatic rings. The molecule has 2 aromatic heterocycles. The first-order valence-corrected chi connectivity index (χ1v) is 9.95. The first-order chi connectivity index (χ1) is 13.8. The van der Waals surface area contributed by atoms with Crippen molar-refractivity contribution in [1.82, 2.24) is 24.7 Å². The van der Waals surface area contributed by atoms with Crippen LogP contribution in [0.25, 0.3) is 5.65 Å². The van der Waals surface area contributed by atoms with Crippen molar-refractivity contribution in [3.63, 3.8) is 0 Å². The monoisotopic (exact) mass is 400 g/mol. The van der Waals surface area contributed by atoms with Gasteiger partial charge in [0.2, 0.25) is 0 Å². The molecule has 1 aromatic carbocycles. The van der Waals surface area contributed by atoms with Crippen molar-refractivity contribution in [2.45, 2.75) is 51.6 Å². The van der Waals surface area contributed by atoms with Crippen molar-refractivity contribution in [1.29, 1.82) is 0 Å². The Morgan fingerprint density at radius 2 is 1.79 bits per heavy atom. The molecule has 1 fully saturated rings. The minimum Gasteiger partial charge on any atom is -0.366 e. The Morgan fingerprint density at radius 1 is 1.03 bits per heavy atom. The Labute approximate surface area is 168 Å². The summed E-state index contributed by atoms with van der Waals surface area (Å²) in [6.07, 6.45) is 1.91. The molecule has 0 amide bonds. The molecular weight excluding hydrogens is 374 g/mol. The highest BCUT2D eigenvalue weighted by atomic mass is 19.2. The lowest BCUT2D eigenvalue weighted by atomic mass is 9.96. The van der Waals surface area contributed by atoms with Crippen LogP contribution in [0.15, 0.2) is 30.3 Å². The smallest absolute Gasteiger partial charge is 0.178 e. The van der Waals surface area contributed by atoms with Crippen molar-refractivity contribution in [2.75, 3.05) is 18.4 Å². The summed E-state index contributed by atoms with van der Waals surface area (Å²) in [5.74, 6) is 0.0485. The van der Waals surface area contributed by atoms with Gasteiger partial charge >= 0.3 is 0 Å². The number of piperidine rings is 1. The first kappa shape index (κ1) is 19.7. The van der Waals surface area contributed by atoms with Crippen LogP contribution in [-0.4, -0.2) is 43.8 Å². The van der Waals surface area contributed by atoms with Gasteiger partial charge in [0.1, 0.15) is 5.82 Å². The van der Waals surface area contributed by atoms with Gasteiger partial charge in [0, 0.05) is 31.1 Å². The lowest BCUT2D eigenvalue weighted by Crippen LogP contribution is -2.38. The number of benzene rings is 1. The zero-order valence-corrected chi connectivity index (χ0v) is 17.0. The minimum absolute atomic E-state index is 0.143. The van der Waals surface area contributed by atoms with Crippen LogP contribution < -0.4 is 5.32 Å². The van der Waals surface area contributed by atoms with Crippen LogP contribution in [0.2, 0.25) is 0 Å². The number of hydrogen-bond acceptors (Lipinski definition) is 5. The van der Waals surface area contributed by atoms with E-state index < -0.39 is 11.6 Å². The van der Waals surface area contributed by atoms with Crippen molar-refractivity contribution in [3.05, 3.63) is 53.4 Å². The largest absolute Gasteiger partial charge is 0.366 e. The quantitative estimate of drug-likeness (QED) is 0.722. The van der Waals surface area contributed by atoms with Crippen LogP contribution in [0.5, 0.6) is 0 Å². The fourth-order valence-corrected chi connectivity index (χ4v) is 3.67. The van der Waals surface area contributed by atoms with Gasteiger partial charge in [0.25, 0.3) is 0 Å². The van der Waals surface area contributed by atoms with Gasteiger partial charge in [0.05, 0.1) is 0 Å². The van der Waals surface area contributed by atoms with Crippen molar-refractivity contribution >= 4 is 11.5 Å². The second-order valence-corrected chi connectivity index (χ2v) is 8.71. The van der Waals surface area contributed by atoms with Gasteiger partial charge in [-0.3, -0.25) is 4.90 Å². The van der Waals surface area contributed by atoms with E-state index in [0.717, 1.165) is 48.8 Å². The van der Waals surface area contributed by atoms with Crippen LogP contribution in [0.4, 0.5) is 14.6 Å². The van der Waals surface area contributed by atoms with Gasteiger partial charge in [0.15, 0.2) is 23.1 Å². The number of nitrogens with zero attached hydrogens (tertiary/aromatic N) is 5. The lowest BCUT2D eigenvalue weighted by Gasteiger charge is -2.32. The van der Waals surface area contributed by atoms with Crippen LogP contribution in [0, 0.1) is 11.6 Å². The Kier molecular flexibility index (Phi) is 5.21. The number of hydrogen-bond donors (Lipinski definition) is 1. The normalized spacial score (nSPS) is 16.4. The molecule has 1 saturated heterocycles. The third-order valence-corrected chi connectivity index (χ3v) is 5.26. The molecule has 1 aliphatic rings. The lowest BCUT2D eigenvalue weighted by molar-refractivity contribution is 0.211. The summed E-state index contributed by atoms with van der Waals surface area (Å²) in [6, 6.07) is 8.30. The average Bonchev–Trinajstić information content (AvgIpc) is 3.10. The minimum atomic E-state index is -0.802. The highest BCUT2D eigenvalue weighted by Gasteiger charge is 2.23. The van der Waals surface area contributed by atoms with Gasteiger partial charge in [-0.05, 0) is 42.7 Å². The van der Waals surface area contributed by atoms with E-state index in [4.69, 9.17) is 5.10 Å². The molecule has 0 bridgehead atoms. The number of likely N-dealkylation sites (tertiary alicyclic amines) is 1. The number of fused-ring (bicyclic) bond motifs is 1. The number of rotatable bonds is 4. The van der Waals surface area contributed by atoms with E-state index in [0.29, 0.717) is 12.6 Å². The van der Waals surface area contributed by atoms with Gasteiger partial charge in [-0.25, -0.2) is 8.78 Å². The molecule has 0 aliphatic carbocycles. The van der Waals surface area contributed by atoms with E-state index in [1.807, 2.05) is 12.1 Å². The Morgan fingerprint density at radius 3 is 2.48 bits per heavy atom. The Bertz CT molecular complexity index is 1000. The van der Waals surface area contributed by atoms with E-state index in [-0.39, 0.29) is 5.41 Å². The molecule has 8 heteroatoms. The fraction of sp³-hybridized carbons (Fsp3) is 0.476. The molecule has 0 radical (unpaired) electrons. The summed E-state index contributed by atoms with van der Waals surface area (Å²) in [7, 11) is 0. The topological polar surface area (TPSA) is 58.4 Å². The van der Waals surface area contributed by atoms with Crippen LogP contribution in [-0.2, 0) is 12.0 Å². The molecular formula is C21H26F2N6. The van der Waals surface area contributed by atoms with Gasteiger partial charge in [-0.15, -0.1) is 15.3 Å². The third-order valence-electron chi connectivity index (χ3n) is 5.26. The summed E-state index contributed by atoms with van der Waals surface area (Å²) in [6.45, 7) is 8.68. The van der Waals surface area contributed by atoms with Crippen LogP contribution in [0.3, 0.4) is 0 Å². The SMILES string of the molecule is CC(C)(C)c1nnc2ccc(NC3CCN(Cc4ccc(F)c(F)c4)CC3)nn12. The molecule has 0 atom stereocenters. The van der Waals surface area contributed by atoms with Crippen LogP contribution >= 0.6 is 0 Å². The fourth-order valence-electron chi connectivity index (χ4n) is 3.67. The summed E-state index contributed by atoms with van der Waals surface area (Å²) in [4.78, 5) is 2.26. The first-order valence-electron chi connectivity index (χ1n) is 9.95. The van der Waals surface area contributed by atoms with Gasteiger partial charge in [-0.2, -0.15) is 4.52 Å². The standard InChI is InChI=1S/C21H26F2N6/c1-21(2,3)20-26-25-19-7-6-18(27-29(19)20)24-15-8-10-28(11-9-15)13-14-4-5-16(22)17(23)12-14/h4-7,12,15H,8-11,13H2,1-3H3,(H,24,27). The number of aromatic nitrogens is 4. The highest BCUT2D eigenvalue weighted by molar-refractivity contribution is 5.45. The second kappa shape index (κ2) is 7.67. The maximum Gasteiger partial charge on any atom is 0.178 e. The maximum atomic E-state index is 13.4. The Hall–Kier alpha value is -2.61. The molecule has 4 rings (SSSR count). The number of halogens is 2. The second-order valence-electron chi connectivity index (χ2n) is 8.71. The van der Waals surface area contributed by atoms with E-state index in [1.165, 1.54) is 12.1 Å². The van der Waals surface area contributed by atoms with E-state index in [2.05, 4.69) is 41.2 Å². The van der Waals surface area contributed by atoms with Gasteiger partial charge in [-0.1, -0.05) is 26.8 Å². The molecule has 0 unspecified atom stereocenters. The van der Waals surface area contributed by atoms with Crippen molar-refractivity contribution in [3.8, 4) is 0 Å². The van der Waals surface area contributed by atoms with E-state index in [9.17, 15) is 8.78 Å². The predicted octanol–water partition coefficient (Wildman–Crippen LogP) is 3.78. The molecule has 29 heavy (non-hydrogen) atoms. The number of anilines is 1. The van der Waals surface area contributed by atoms with Crippen molar-refractivity contribution < 1.29 is 8.78 Å². The molecule has 6 nitrogen and oxygen atoms in total. The van der Waals surface area contributed by atoms with E-state index in [1.54, 1.807) is 10.6 Å². The molecule has 0 saturated carbocycles. The third kappa shape index (κ3) is 4.37. The summed E-state index contributed by atoms with van der Waals surface area (Å²) >= 11 is 0. The molecule has 1 N–H and O–H groups in total. The highest BCUT2D eigenvalue weighted by Crippen LogP contribution is 2.22. The van der Waals surface area contributed by atoms with Gasteiger partial charge < -0.3 is 5.32 Å². The zero-order valence-electron chi connectivity index (χ0n) is 17.0.